The third-order valence-corrected chi connectivity index (χ3v) is 1.82. The van der Waals surface area contributed by atoms with Crippen LogP contribution >= 0.6 is 0 Å². The summed E-state index contributed by atoms with van der Waals surface area (Å²) in [5.41, 5.74) is 0. The van der Waals surface area contributed by atoms with E-state index < -0.39 is 0 Å². The molecule has 0 fully saturated rings. The molecule has 0 amide bonds. The van der Waals surface area contributed by atoms with Crippen LogP contribution in [0.25, 0.3) is 0 Å². The molecule has 1 unspecified atom stereocenters. The van der Waals surface area contributed by atoms with Crippen molar-refractivity contribution in [2.24, 2.45) is 11.8 Å². The van der Waals surface area contributed by atoms with Crippen LogP contribution in [0.3, 0.4) is 0 Å². The van der Waals surface area contributed by atoms with Crippen LogP contribution in [0.4, 0.5) is 0 Å². The van der Waals surface area contributed by atoms with Gasteiger partial charge in [0.1, 0.15) is 6.29 Å². The molecule has 50 valence electrons. The maximum absolute atomic E-state index is 10.2. The SMILES string of the molecule is C[C@H]1C=CC(C=O)CC1. The molecule has 0 saturated heterocycles. The molecule has 0 saturated carbocycles. The molecular weight excluding hydrogens is 112 g/mol. The van der Waals surface area contributed by atoms with Crippen molar-refractivity contribution in [1.29, 1.82) is 0 Å². The fraction of sp³-hybridized carbons (Fsp3) is 0.625. The van der Waals surface area contributed by atoms with Crippen molar-refractivity contribution in [1.82, 2.24) is 0 Å². The van der Waals surface area contributed by atoms with Crippen LogP contribution in [0, 0.1) is 11.8 Å². The van der Waals surface area contributed by atoms with E-state index in [9.17, 15) is 4.79 Å². The molecule has 9 heavy (non-hydrogen) atoms. The molecule has 0 heterocycles. The normalized spacial score (nSPS) is 34.3. The van der Waals surface area contributed by atoms with E-state index in [1.807, 2.05) is 6.08 Å². The molecule has 0 aromatic rings. The Kier molecular flexibility index (Phi) is 2.04. The Labute approximate surface area is 55.8 Å². The molecule has 1 rings (SSSR count). The van der Waals surface area contributed by atoms with Crippen molar-refractivity contribution in [3.05, 3.63) is 12.2 Å². The summed E-state index contributed by atoms with van der Waals surface area (Å²) in [5.74, 6) is 0.891. The third kappa shape index (κ3) is 1.67. The Balaban J connectivity index is 2.47. The van der Waals surface area contributed by atoms with Gasteiger partial charge in [0.05, 0.1) is 0 Å². The van der Waals surface area contributed by atoms with Gasteiger partial charge in [0.15, 0.2) is 0 Å². The second-order valence-corrected chi connectivity index (χ2v) is 2.74. The molecule has 0 N–H and O–H groups in total. The molecule has 0 aromatic carbocycles. The Morgan fingerprint density at radius 2 is 2.22 bits per heavy atom. The number of hydrogen-bond acceptors (Lipinski definition) is 1. The summed E-state index contributed by atoms with van der Waals surface area (Å²) in [6.07, 6.45) is 7.38. The van der Waals surface area contributed by atoms with Crippen molar-refractivity contribution in [2.75, 3.05) is 0 Å². The van der Waals surface area contributed by atoms with Crippen LogP contribution in [-0.4, -0.2) is 6.29 Å². The van der Waals surface area contributed by atoms with Crippen LogP contribution in [0.15, 0.2) is 12.2 Å². The summed E-state index contributed by atoms with van der Waals surface area (Å²) in [4.78, 5) is 10.2. The minimum atomic E-state index is 0.209. The van der Waals surface area contributed by atoms with Gasteiger partial charge in [-0.3, -0.25) is 0 Å². The molecule has 0 spiro atoms. The van der Waals surface area contributed by atoms with E-state index in [-0.39, 0.29) is 5.92 Å². The highest BCUT2D eigenvalue weighted by atomic mass is 16.1. The van der Waals surface area contributed by atoms with Crippen molar-refractivity contribution < 1.29 is 4.79 Å². The zero-order valence-corrected chi connectivity index (χ0v) is 5.71. The topological polar surface area (TPSA) is 17.1 Å². The number of aldehydes is 1. The van der Waals surface area contributed by atoms with Gasteiger partial charge in [0.2, 0.25) is 0 Å². The second-order valence-electron chi connectivity index (χ2n) is 2.74. The van der Waals surface area contributed by atoms with E-state index in [1.54, 1.807) is 0 Å². The predicted octanol–water partition coefficient (Wildman–Crippen LogP) is 1.79. The zero-order valence-electron chi connectivity index (χ0n) is 5.71. The Bertz CT molecular complexity index is 127. The van der Waals surface area contributed by atoms with Crippen LogP contribution in [0.2, 0.25) is 0 Å². The third-order valence-electron chi connectivity index (χ3n) is 1.82. The summed E-state index contributed by atoms with van der Waals surface area (Å²) in [6.45, 7) is 2.18. The zero-order chi connectivity index (χ0) is 6.69. The first-order chi connectivity index (χ1) is 4.33. The van der Waals surface area contributed by atoms with Crippen LogP contribution in [0.5, 0.6) is 0 Å². The van der Waals surface area contributed by atoms with E-state index in [2.05, 4.69) is 13.0 Å². The molecule has 0 bridgehead atoms. The minimum absolute atomic E-state index is 0.209. The highest BCUT2D eigenvalue weighted by Gasteiger charge is 2.10. The molecule has 1 nitrogen and oxygen atoms in total. The van der Waals surface area contributed by atoms with Gasteiger partial charge < -0.3 is 4.79 Å². The Hall–Kier alpha value is -0.590. The quantitative estimate of drug-likeness (QED) is 0.384. The van der Waals surface area contributed by atoms with Crippen LogP contribution in [0.1, 0.15) is 19.8 Å². The number of rotatable bonds is 1. The maximum Gasteiger partial charge on any atom is 0.126 e. The van der Waals surface area contributed by atoms with Crippen LogP contribution < -0.4 is 0 Å². The molecule has 1 heteroatoms. The van der Waals surface area contributed by atoms with Crippen LogP contribution in [-0.2, 0) is 4.79 Å². The molecule has 1 aliphatic carbocycles. The molecule has 0 radical (unpaired) electrons. The van der Waals surface area contributed by atoms with Gasteiger partial charge in [0.25, 0.3) is 0 Å². The van der Waals surface area contributed by atoms with Gasteiger partial charge in [-0.15, -0.1) is 0 Å². The number of carbonyl (C=O) groups is 1. The number of hydrogen-bond donors (Lipinski definition) is 0. The highest BCUT2D eigenvalue weighted by Crippen LogP contribution is 2.19. The second kappa shape index (κ2) is 2.81. The van der Waals surface area contributed by atoms with Gasteiger partial charge in [-0.2, -0.15) is 0 Å². The first-order valence-corrected chi connectivity index (χ1v) is 3.46. The van der Waals surface area contributed by atoms with Gasteiger partial charge in [-0.25, -0.2) is 0 Å². The average molecular weight is 124 g/mol. The standard InChI is InChI=1S/C8H12O/c1-7-2-4-8(6-9)5-3-7/h2,4,6-8H,3,5H2,1H3/t7-,8?/m0/s1. The summed E-state index contributed by atoms with van der Waals surface area (Å²) in [6, 6.07) is 0. The fourth-order valence-corrected chi connectivity index (χ4v) is 1.09. The summed E-state index contributed by atoms with van der Waals surface area (Å²) >= 11 is 0. The largest absolute Gasteiger partial charge is 0.303 e. The van der Waals surface area contributed by atoms with Gasteiger partial charge in [-0.1, -0.05) is 19.1 Å². The van der Waals surface area contributed by atoms with E-state index in [4.69, 9.17) is 0 Å². The summed E-state index contributed by atoms with van der Waals surface area (Å²) in [5, 5.41) is 0. The molecule has 1 aliphatic rings. The molecule has 0 aromatic heterocycles. The van der Waals surface area contributed by atoms with E-state index in [1.165, 1.54) is 6.42 Å². The van der Waals surface area contributed by atoms with E-state index in [0.29, 0.717) is 5.92 Å². The molecule has 0 aliphatic heterocycles. The van der Waals surface area contributed by atoms with E-state index >= 15 is 0 Å². The molecule has 2 atom stereocenters. The van der Waals surface area contributed by atoms with Crippen molar-refractivity contribution in [3.8, 4) is 0 Å². The Morgan fingerprint density at radius 3 is 2.67 bits per heavy atom. The van der Waals surface area contributed by atoms with E-state index in [0.717, 1.165) is 12.7 Å². The van der Waals surface area contributed by atoms with Gasteiger partial charge >= 0.3 is 0 Å². The Morgan fingerprint density at radius 1 is 1.44 bits per heavy atom. The average Bonchev–Trinajstić information content (AvgIpc) is 1.90. The lowest BCUT2D eigenvalue weighted by atomic mass is 9.91. The minimum Gasteiger partial charge on any atom is -0.303 e. The van der Waals surface area contributed by atoms with Crippen molar-refractivity contribution in [3.63, 3.8) is 0 Å². The lowest BCUT2D eigenvalue weighted by Gasteiger charge is -2.14. The number of allylic oxidation sites excluding steroid dienone is 2. The van der Waals surface area contributed by atoms with Crippen molar-refractivity contribution in [2.45, 2.75) is 19.8 Å². The first kappa shape index (κ1) is 6.53. The van der Waals surface area contributed by atoms with Crippen molar-refractivity contribution >= 4 is 6.29 Å². The maximum atomic E-state index is 10.2. The summed E-state index contributed by atoms with van der Waals surface area (Å²) in [7, 11) is 0. The first-order valence-electron chi connectivity index (χ1n) is 3.46. The van der Waals surface area contributed by atoms with Gasteiger partial charge in [0, 0.05) is 5.92 Å². The predicted molar refractivity (Wildman–Crippen MR) is 37.1 cm³/mol. The smallest absolute Gasteiger partial charge is 0.126 e. The fourth-order valence-electron chi connectivity index (χ4n) is 1.09. The monoisotopic (exact) mass is 124 g/mol. The lowest BCUT2D eigenvalue weighted by molar-refractivity contribution is -0.110. The number of carbonyl (C=O) groups excluding carboxylic acids is 1. The lowest BCUT2D eigenvalue weighted by Crippen LogP contribution is -2.06. The highest BCUT2D eigenvalue weighted by molar-refractivity contribution is 5.56. The van der Waals surface area contributed by atoms with Gasteiger partial charge in [-0.05, 0) is 18.8 Å². The molecular formula is C8H12O. The summed E-state index contributed by atoms with van der Waals surface area (Å²) < 4.78 is 0.